The normalized spacial score (nSPS) is 18.6. The van der Waals surface area contributed by atoms with Crippen LogP contribution in [0, 0.1) is 0 Å². The molecular weight excluding hydrogens is 310 g/mol. The molecule has 2 amide bonds. The molecule has 2 rings (SSSR count). The molecule has 1 atom stereocenters. The summed E-state index contributed by atoms with van der Waals surface area (Å²) in [6, 6.07) is 5.28. The van der Waals surface area contributed by atoms with Gasteiger partial charge in [0.15, 0.2) is 0 Å². The van der Waals surface area contributed by atoms with E-state index in [2.05, 4.69) is 26.6 Å². The number of hydrogen-bond donors (Lipinski definition) is 2. The average Bonchev–Trinajstić information content (AvgIpc) is 2.64. The number of hydrogen-bond acceptors (Lipinski definition) is 3. The molecule has 0 aromatic heterocycles. The van der Waals surface area contributed by atoms with E-state index in [1.807, 2.05) is 12.1 Å². The first-order valence-electron chi connectivity index (χ1n) is 6.06. The van der Waals surface area contributed by atoms with Crippen LogP contribution in [0.5, 0.6) is 0 Å². The van der Waals surface area contributed by atoms with Gasteiger partial charge >= 0.3 is 0 Å². The van der Waals surface area contributed by atoms with Crippen LogP contribution in [-0.2, 0) is 9.59 Å². The van der Waals surface area contributed by atoms with E-state index in [1.165, 1.54) is 6.92 Å². The molecule has 0 saturated carbocycles. The second kappa shape index (κ2) is 5.61. The highest BCUT2D eigenvalue weighted by atomic mass is 79.9. The molecule has 19 heavy (non-hydrogen) atoms. The van der Waals surface area contributed by atoms with Gasteiger partial charge in [0.05, 0.1) is 11.4 Å². The molecule has 102 valence electrons. The first kappa shape index (κ1) is 13.9. The quantitative estimate of drug-likeness (QED) is 0.894. The summed E-state index contributed by atoms with van der Waals surface area (Å²) in [7, 11) is 1.79. The highest BCUT2D eigenvalue weighted by Crippen LogP contribution is 2.28. The van der Waals surface area contributed by atoms with E-state index in [1.54, 1.807) is 18.0 Å². The fourth-order valence-corrected chi connectivity index (χ4v) is 2.44. The molecule has 1 aliphatic heterocycles. The van der Waals surface area contributed by atoms with Gasteiger partial charge < -0.3 is 15.5 Å². The van der Waals surface area contributed by atoms with Gasteiger partial charge in [0.25, 0.3) is 0 Å². The summed E-state index contributed by atoms with van der Waals surface area (Å²) >= 11 is 3.39. The summed E-state index contributed by atoms with van der Waals surface area (Å²) in [5.41, 5.74) is 1.43. The third-order valence-electron chi connectivity index (χ3n) is 3.05. The van der Waals surface area contributed by atoms with E-state index in [0.29, 0.717) is 5.69 Å². The number of benzene rings is 1. The van der Waals surface area contributed by atoms with Crippen LogP contribution in [0.4, 0.5) is 11.4 Å². The predicted octanol–water partition coefficient (Wildman–Crippen LogP) is 2.05. The van der Waals surface area contributed by atoms with E-state index < -0.39 is 0 Å². The summed E-state index contributed by atoms with van der Waals surface area (Å²) in [5, 5.41) is 5.95. The molecular formula is C13H16BrN3O2. The number of halogens is 1. The lowest BCUT2D eigenvalue weighted by Gasteiger charge is -2.17. The molecule has 5 nitrogen and oxygen atoms in total. The zero-order valence-corrected chi connectivity index (χ0v) is 12.5. The lowest BCUT2D eigenvalue weighted by atomic mass is 10.2. The van der Waals surface area contributed by atoms with Crippen LogP contribution in [0.2, 0.25) is 0 Å². The summed E-state index contributed by atoms with van der Waals surface area (Å²) in [6.45, 7) is 2.21. The van der Waals surface area contributed by atoms with Gasteiger partial charge in [-0.3, -0.25) is 9.59 Å². The van der Waals surface area contributed by atoms with Crippen molar-refractivity contribution in [1.29, 1.82) is 0 Å². The third-order valence-corrected chi connectivity index (χ3v) is 3.54. The number of nitrogens with zero attached hydrogens (tertiary/aromatic N) is 1. The molecule has 1 fully saturated rings. The molecule has 0 radical (unpaired) electrons. The monoisotopic (exact) mass is 325 g/mol. The van der Waals surface area contributed by atoms with Crippen LogP contribution in [0.1, 0.15) is 13.3 Å². The number of likely N-dealkylation sites (N-methyl/N-ethyl adjacent to an activating group) is 1. The minimum atomic E-state index is -0.230. The van der Waals surface area contributed by atoms with Crippen LogP contribution in [0.3, 0.4) is 0 Å². The minimum Gasteiger partial charge on any atom is -0.372 e. The summed E-state index contributed by atoms with van der Waals surface area (Å²) < 4.78 is 0.892. The largest absolute Gasteiger partial charge is 0.372 e. The fraction of sp³-hybridized carbons (Fsp3) is 0.385. The van der Waals surface area contributed by atoms with Crippen molar-refractivity contribution in [3.05, 3.63) is 22.7 Å². The van der Waals surface area contributed by atoms with Crippen molar-refractivity contribution in [1.82, 2.24) is 4.90 Å². The van der Waals surface area contributed by atoms with Gasteiger partial charge in [-0.2, -0.15) is 0 Å². The highest BCUT2D eigenvalue weighted by molar-refractivity contribution is 9.10. The van der Waals surface area contributed by atoms with Gasteiger partial charge in [-0.05, 0) is 24.6 Å². The molecule has 0 spiro atoms. The molecule has 0 bridgehead atoms. The van der Waals surface area contributed by atoms with Gasteiger partial charge in [0.2, 0.25) is 11.8 Å². The van der Waals surface area contributed by atoms with Gasteiger partial charge in [-0.25, -0.2) is 0 Å². The van der Waals surface area contributed by atoms with Crippen LogP contribution >= 0.6 is 15.9 Å². The maximum atomic E-state index is 11.9. The molecule has 1 saturated heterocycles. The Morgan fingerprint density at radius 1 is 1.42 bits per heavy atom. The van der Waals surface area contributed by atoms with Crippen molar-refractivity contribution in [2.45, 2.75) is 19.4 Å². The molecule has 2 N–H and O–H groups in total. The maximum Gasteiger partial charge on any atom is 0.244 e. The Hall–Kier alpha value is -1.56. The predicted molar refractivity (Wildman–Crippen MR) is 78.1 cm³/mol. The zero-order valence-electron chi connectivity index (χ0n) is 10.9. The molecule has 1 aromatic carbocycles. The van der Waals surface area contributed by atoms with Gasteiger partial charge in [-0.1, -0.05) is 15.9 Å². The van der Waals surface area contributed by atoms with Gasteiger partial charge in [0.1, 0.15) is 6.04 Å². The van der Waals surface area contributed by atoms with Gasteiger partial charge in [0, 0.05) is 25.0 Å². The van der Waals surface area contributed by atoms with Crippen LogP contribution in [0.15, 0.2) is 22.7 Å². The second-order valence-corrected chi connectivity index (χ2v) is 5.53. The highest BCUT2D eigenvalue weighted by Gasteiger charge is 2.29. The first-order valence-corrected chi connectivity index (χ1v) is 6.85. The Bertz CT molecular complexity index is 519. The minimum absolute atomic E-state index is 0.0775. The number of nitrogens with one attached hydrogen (secondary N) is 2. The average molecular weight is 326 g/mol. The van der Waals surface area contributed by atoms with Crippen LogP contribution < -0.4 is 10.6 Å². The fourth-order valence-electron chi connectivity index (χ4n) is 2.08. The molecule has 0 aliphatic carbocycles. The maximum absolute atomic E-state index is 11.9. The van der Waals surface area contributed by atoms with Crippen molar-refractivity contribution in [3.63, 3.8) is 0 Å². The van der Waals surface area contributed by atoms with E-state index in [9.17, 15) is 9.59 Å². The number of rotatable bonds is 3. The first-order chi connectivity index (χ1) is 8.97. The number of carbonyl (C=O) groups is 2. The summed E-state index contributed by atoms with van der Waals surface area (Å²) in [5.74, 6) is -0.0611. The SMILES string of the molecule is CC(=O)Nc1ccc(Br)cc1N[C@H]1CCN(C)C1=O. The Morgan fingerprint density at radius 2 is 2.16 bits per heavy atom. The van der Waals surface area contributed by atoms with Crippen molar-refractivity contribution in [2.24, 2.45) is 0 Å². The molecule has 1 aromatic rings. The van der Waals surface area contributed by atoms with Crippen LogP contribution in [-0.4, -0.2) is 36.3 Å². The Morgan fingerprint density at radius 3 is 2.74 bits per heavy atom. The van der Waals surface area contributed by atoms with E-state index in [4.69, 9.17) is 0 Å². The summed E-state index contributed by atoms with van der Waals surface area (Å²) in [6.07, 6.45) is 0.765. The molecule has 1 aliphatic rings. The standard InChI is InChI=1S/C13H16BrN3O2/c1-8(18)15-10-4-3-9(14)7-12(10)16-11-5-6-17(2)13(11)19/h3-4,7,11,16H,5-6H2,1-2H3,(H,15,18)/t11-/m0/s1. The molecule has 0 unspecified atom stereocenters. The lowest BCUT2D eigenvalue weighted by Crippen LogP contribution is -2.31. The molecule has 6 heteroatoms. The van der Waals surface area contributed by atoms with E-state index >= 15 is 0 Å². The zero-order chi connectivity index (χ0) is 14.0. The van der Waals surface area contributed by atoms with E-state index in [-0.39, 0.29) is 17.9 Å². The Labute approximate surface area is 120 Å². The smallest absolute Gasteiger partial charge is 0.244 e. The van der Waals surface area contributed by atoms with E-state index in [0.717, 1.165) is 23.1 Å². The Balaban J connectivity index is 2.21. The number of likely N-dealkylation sites (tertiary alicyclic amines) is 1. The second-order valence-electron chi connectivity index (χ2n) is 4.62. The van der Waals surface area contributed by atoms with Gasteiger partial charge in [-0.15, -0.1) is 0 Å². The Kier molecular flexibility index (Phi) is 4.09. The lowest BCUT2D eigenvalue weighted by molar-refractivity contribution is -0.127. The van der Waals surface area contributed by atoms with Crippen LogP contribution in [0.25, 0.3) is 0 Å². The van der Waals surface area contributed by atoms with Crippen molar-refractivity contribution < 1.29 is 9.59 Å². The van der Waals surface area contributed by atoms with Crippen molar-refractivity contribution in [3.8, 4) is 0 Å². The number of carbonyl (C=O) groups excluding carboxylic acids is 2. The number of anilines is 2. The third kappa shape index (κ3) is 3.26. The summed E-state index contributed by atoms with van der Waals surface area (Å²) in [4.78, 5) is 24.8. The van der Waals surface area contributed by atoms with Crippen molar-refractivity contribution in [2.75, 3.05) is 24.2 Å². The number of amides is 2. The topological polar surface area (TPSA) is 61.4 Å². The van der Waals surface area contributed by atoms with Crippen molar-refractivity contribution >= 4 is 39.1 Å². The molecule has 1 heterocycles.